The minimum atomic E-state index is 0.165. The van der Waals surface area contributed by atoms with Crippen molar-refractivity contribution >= 4 is 83.3 Å². The van der Waals surface area contributed by atoms with Crippen molar-refractivity contribution in [1.29, 1.82) is 0 Å². The van der Waals surface area contributed by atoms with Crippen LogP contribution in [0.1, 0.15) is 96.4 Å². The maximum Gasteiger partial charge on any atom is 0.159 e. The summed E-state index contributed by atoms with van der Waals surface area (Å²) < 4.78 is 12.6. The van der Waals surface area contributed by atoms with Gasteiger partial charge in [0.1, 0.15) is 16.9 Å². The molecule has 0 saturated heterocycles. The molecule has 0 N–H and O–H groups in total. The molecule has 0 amide bonds. The molecule has 70 heavy (non-hydrogen) atoms. The molecule has 0 spiro atoms. The fourth-order valence-corrected chi connectivity index (χ4v) is 13.2. The zero-order valence-electron chi connectivity index (χ0n) is 40.5. The molecule has 13 rings (SSSR count). The number of aromatic nitrogens is 2. The average Bonchev–Trinajstić information content (AvgIpc) is 4.08. The molecule has 3 aromatic heterocycles. The molecule has 5 heteroatoms. The van der Waals surface area contributed by atoms with Crippen molar-refractivity contribution in [3.63, 3.8) is 0 Å². The van der Waals surface area contributed by atoms with Gasteiger partial charge in [-0.25, -0.2) is 9.98 Å². The van der Waals surface area contributed by atoms with Crippen LogP contribution in [0.5, 0.6) is 0 Å². The van der Waals surface area contributed by atoms with Crippen molar-refractivity contribution in [2.75, 3.05) is 0 Å². The first-order valence-electron chi connectivity index (χ1n) is 26.5. The molecule has 0 fully saturated rings. The number of hydrogen-bond donors (Lipinski definition) is 0. The fourth-order valence-electron chi connectivity index (χ4n) is 13.2. The summed E-state index contributed by atoms with van der Waals surface area (Å²) in [4.78, 5) is 10.8. The Balaban J connectivity index is 1.02. The van der Waals surface area contributed by atoms with Gasteiger partial charge in [0.25, 0.3) is 0 Å². The van der Waals surface area contributed by atoms with Crippen molar-refractivity contribution < 1.29 is 4.42 Å². The second-order valence-electron chi connectivity index (χ2n) is 21.0. The lowest BCUT2D eigenvalue weighted by atomic mass is 9.69. The highest BCUT2D eigenvalue weighted by atomic mass is 16.3. The number of para-hydroxylation sites is 1. The summed E-state index contributed by atoms with van der Waals surface area (Å²) in [7, 11) is 0. The van der Waals surface area contributed by atoms with E-state index in [0.717, 1.165) is 119 Å². The van der Waals surface area contributed by atoms with Crippen LogP contribution in [0.25, 0.3) is 71.2 Å². The van der Waals surface area contributed by atoms with E-state index in [2.05, 4.69) is 168 Å². The smallest absolute Gasteiger partial charge is 0.159 e. The fraction of sp³-hybridized carbons (Fsp3) is 0.323. The molecule has 0 bridgehead atoms. The molecular weight excluding hydrogens is 853 g/mol. The molecule has 6 aliphatic carbocycles. The van der Waals surface area contributed by atoms with Crippen molar-refractivity contribution in [1.82, 2.24) is 9.13 Å². The van der Waals surface area contributed by atoms with Crippen LogP contribution in [0.2, 0.25) is 0 Å². The quantitative estimate of drug-likeness (QED) is 0.0851. The normalized spacial score (nSPS) is 26.3. The van der Waals surface area contributed by atoms with Gasteiger partial charge in [-0.05, 0) is 155 Å². The monoisotopic (exact) mass is 914 g/mol. The van der Waals surface area contributed by atoms with E-state index in [4.69, 9.17) is 21.0 Å². The maximum absolute atomic E-state index is 7.47. The Morgan fingerprint density at radius 3 is 2.50 bits per heavy atom. The molecular formula is C65H62N4O. The summed E-state index contributed by atoms with van der Waals surface area (Å²) in [5.74, 6) is 2.66. The molecule has 3 heterocycles. The molecule has 7 atom stereocenters. The van der Waals surface area contributed by atoms with Gasteiger partial charge in [0.2, 0.25) is 0 Å². The zero-order chi connectivity index (χ0) is 46.7. The molecule has 7 aromatic rings. The Labute approximate surface area is 412 Å². The van der Waals surface area contributed by atoms with E-state index in [1.807, 2.05) is 6.07 Å². The number of aliphatic imine (C=N–C) groups is 2. The van der Waals surface area contributed by atoms with Gasteiger partial charge in [0.05, 0.1) is 22.5 Å². The molecule has 0 aliphatic heterocycles. The first-order chi connectivity index (χ1) is 34.6. The van der Waals surface area contributed by atoms with Gasteiger partial charge < -0.3 is 13.6 Å². The van der Waals surface area contributed by atoms with Crippen molar-refractivity contribution in [3.05, 3.63) is 175 Å². The van der Waals surface area contributed by atoms with Gasteiger partial charge in [-0.1, -0.05) is 123 Å². The summed E-state index contributed by atoms with van der Waals surface area (Å²) in [5.41, 5.74) is 11.9. The van der Waals surface area contributed by atoms with Crippen LogP contribution in [0.4, 0.5) is 0 Å². The standard InChI is InChI=1S/C65H62N4O/c1-42-21-15-18-32-56(42)68-57-33-19-16-30-49(57)50-35-36-52-51-37-38-59-60(63(51)70-64(52)62(50)68)53-31-17-20-34-58(53)69(59)61-54(45-24-9-4-10-25-45)39-48(40-55(61)46-26-11-5-12-27-46)43(2)67-65(47-28-13-6-14-29-47)66-41-44-22-7-3-8-23-44/h3-4,7,9-10,13,15-19,21,24,26,28,30-33,35-38,41-42,44-45,47-48,54,56H,2,5-6,8,11-12,14,22-23,25,27,29,39-40H2,1H3/t42?,44-,45?,47?,48?,54?,56?/m0/s1. The number of allylic oxidation sites excluding steroid dienone is 16. The van der Waals surface area contributed by atoms with Gasteiger partial charge in [-0.2, -0.15) is 0 Å². The van der Waals surface area contributed by atoms with Crippen LogP contribution in [0, 0.1) is 47.6 Å². The molecule has 0 saturated carbocycles. The minimum absolute atomic E-state index is 0.165. The largest absolute Gasteiger partial charge is 0.453 e. The maximum atomic E-state index is 7.47. The third kappa shape index (κ3) is 7.37. The van der Waals surface area contributed by atoms with E-state index >= 15 is 0 Å². The summed E-state index contributed by atoms with van der Waals surface area (Å²) in [6.45, 7) is 7.20. The minimum Gasteiger partial charge on any atom is -0.453 e. The Kier molecular flexibility index (Phi) is 11.2. The zero-order valence-corrected chi connectivity index (χ0v) is 40.5. The Hall–Kier alpha value is -6.90. The molecule has 348 valence electrons. The number of hydrogen-bond acceptors (Lipinski definition) is 2. The van der Waals surface area contributed by atoms with E-state index in [0.29, 0.717) is 17.8 Å². The topological polar surface area (TPSA) is 47.7 Å². The Bertz CT molecular complexity index is 3560. The van der Waals surface area contributed by atoms with E-state index < -0.39 is 0 Å². The number of fused-ring (bicyclic) bond motifs is 11. The molecule has 6 unspecified atom stereocenters. The van der Waals surface area contributed by atoms with Crippen LogP contribution in [-0.2, 0) is 0 Å². The van der Waals surface area contributed by atoms with E-state index in [-0.39, 0.29) is 23.8 Å². The highest BCUT2D eigenvalue weighted by Crippen LogP contribution is 2.52. The van der Waals surface area contributed by atoms with E-state index in [9.17, 15) is 0 Å². The first-order valence-corrected chi connectivity index (χ1v) is 26.5. The first kappa shape index (κ1) is 43.1. The predicted molar refractivity (Wildman–Crippen MR) is 294 cm³/mol. The van der Waals surface area contributed by atoms with Gasteiger partial charge in [-0.15, -0.1) is 0 Å². The number of amidine groups is 1. The lowest BCUT2D eigenvalue weighted by Gasteiger charge is -2.39. The molecule has 0 radical (unpaired) electrons. The lowest BCUT2D eigenvalue weighted by molar-refractivity contribution is 0.363. The summed E-state index contributed by atoms with van der Waals surface area (Å²) in [6.07, 6.45) is 46.7. The van der Waals surface area contributed by atoms with Gasteiger partial charge in [-0.3, -0.25) is 0 Å². The molecule has 6 aliphatic rings. The second-order valence-corrected chi connectivity index (χ2v) is 21.0. The van der Waals surface area contributed by atoms with Crippen LogP contribution in [0.3, 0.4) is 0 Å². The van der Waals surface area contributed by atoms with Gasteiger partial charge in [0.15, 0.2) is 5.58 Å². The predicted octanol–water partition coefficient (Wildman–Crippen LogP) is 17.3. The highest BCUT2D eigenvalue weighted by molar-refractivity contribution is 6.27. The van der Waals surface area contributed by atoms with Crippen LogP contribution < -0.4 is 0 Å². The summed E-state index contributed by atoms with van der Waals surface area (Å²) >= 11 is 0. The van der Waals surface area contributed by atoms with Crippen molar-refractivity contribution in [2.45, 2.75) is 96.4 Å². The summed E-state index contributed by atoms with van der Waals surface area (Å²) in [5, 5.41) is 7.07. The van der Waals surface area contributed by atoms with Gasteiger partial charge >= 0.3 is 0 Å². The second kappa shape index (κ2) is 18.1. The number of furan rings is 1. The molecule has 5 nitrogen and oxygen atoms in total. The van der Waals surface area contributed by atoms with E-state index in [1.165, 1.54) is 57.9 Å². The van der Waals surface area contributed by atoms with Crippen molar-refractivity contribution in [2.24, 2.45) is 45.5 Å². The number of benzene rings is 3. The number of rotatable bonds is 8. The van der Waals surface area contributed by atoms with Crippen molar-refractivity contribution in [3.8, 4) is 0 Å². The van der Waals surface area contributed by atoms with Crippen LogP contribution in [0.15, 0.2) is 177 Å². The summed E-state index contributed by atoms with van der Waals surface area (Å²) in [6, 6.07) is 29.8. The average molecular weight is 915 g/mol. The Morgan fingerprint density at radius 2 is 1.66 bits per heavy atom. The molecule has 4 aromatic carbocycles. The van der Waals surface area contributed by atoms with Crippen LogP contribution >= 0.6 is 0 Å². The van der Waals surface area contributed by atoms with Crippen LogP contribution in [-0.4, -0.2) is 21.2 Å². The Morgan fingerprint density at radius 1 is 0.771 bits per heavy atom. The SMILES string of the molecule is C=C(N=C(N=C[C@H]1CC=CCC1)C1C=CCCC1)C1CC(C2=CCCCC2)=C(n2c3c#cccc3c3c4oc5c(ccc6c7ccccc7n(C7C=CC=CC7C)c65)c4ccc32)C(C2C=CC=CC2)C1. The van der Waals surface area contributed by atoms with Gasteiger partial charge in [0, 0.05) is 67.8 Å². The highest BCUT2D eigenvalue weighted by Gasteiger charge is 2.39. The van der Waals surface area contributed by atoms with E-state index in [1.54, 1.807) is 0 Å². The number of nitrogens with zero attached hydrogens (tertiary/aromatic N) is 4. The third-order valence-electron chi connectivity index (χ3n) is 16.8. The lowest BCUT2D eigenvalue weighted by Crippen LogP contribution is -2.29. The third-order valence-corrected chi connectivity index (χ3v) is 16.8.